The summed E-state index contributed by atoms with van der Waals surface area (Å²) >= 11 is 0. The van der Waals surface area contributed by atoms with Crippen LogP contribution in [0, 0.1) is 0 Å². The molecule has 1 N–H and O–H groups in total. The molecule has 6 nitrogen and oxygen atoms in total. The molecule has 1 aliphatic rings. The summed E-state index contributed by atoms with van der Waals surface area (Å²) in [7, 11) is 1.81. The number of anilines is 2. The lowest BCUT2D eigenvalue weighted by atomic mass is 9.99. The fourth-order valence-electron chi connectivity index (χ4n) is 2.68. The van der Waals surface area contributed by atoms with Crippen molar-refractivity contribution in [2.75, 3.05) is 30.4 Å². The highest BCUT2D eigenvalue weighted by Gasteiger charge is 2.25. The topological polar surface area (TPSA) is 63.2 Å². The van der Waals surface area contributed by atoms with Gasteiger partial charge in [0.1, 0.15) is 0 Å². The van der Waals surface area contributed by atoms with Crippen LogP contribution in [0.4, 0.5) is 11.9 Å². The van der Waals surface area contributed by atoms with Gasteiger partial charge in [-0.2, -0.15) is 15.0 Å². The van der Waals surface area contributed by atoms with E-state index >= 15 is 0 Å². The molecule has 2 rings (SSSR count). The van der Waals surface area contributed by atoms with Crippen molar-refractivity contribution in [2.24, 2.45) is 0 Å². The van der Waals surface area contributed by atoms with Gasteiger partial charge in [0.25, 0.3) is 0 Å². The molecule has 1 aromatic rings. The number of nitrogens with zero attached hydrogens (tertiary/aromatic N) is 4. The second-order valence-corrected chi connectivity index (χ2v) is 5.06. The molecule has 20 heavy (non-hydrogen) atoms. The van der Waals surface area contributed by atoms with Crippen molar-refractivity contribution >= 4 is 11.9 Å². The van der Waals surface area contributed by atoms with E-state index in [4.69, 9.17) is 4.74 Å². The van der Waals surface area contributed by atoms with Crippen LogP contribution >= 0.6 is 0 Å². The van der Waals surface area contributed by atoms with Gasteiger partial charge in [-0.25, -0.2) is 0 Å². The lowest BCUT2D eigenvalue weighted by Crippen LogP contribution is -2.40. The average molecular weight is 279 g/mol. The van der Waals surface area contributed by atoms with Crippen LogP contribution < -0.4 is 15.0 Å². The molecule has 1 saturated heterocycles. The third-order valence-corrected chi connectivity index (χ3v) is 3.61. The summed E-state index contributed by atoms with van der Waals surface area (Å²) in [5.41, 5.74) is 0. The number of hydrogen-bond acceptors (Lipinski definition) is 6. The lowest BCUT2D eigenvalue weighted by Gasteiger charge is -2.35. The number of ether oxygens (including phenoxy) is 1. The monoisotopic (exact) mass is 279 g/mol. The predicted octanol–water partition coefficient (Wildman–Crippen LogP) is 2.47. The van der Waals surface area contributed by atoms with Crippen LogP contribution in [0.15, 0.2) is 0 Å². The summed E-state index contributed by atoms with van der Waals surface area (Å²) in [6, 6.07) is 0.943. The summed E-state index contributed by atoms with van der Waals surface area (Å²) in [5, 5.41) is 2.98. The first-order valence-corrected chi connectivity index (χ1v) is 7.61. The predicted molar refractivity (Wildman–Crippen MR) is 80.4 cm³/mol. The first kappa shape index (κ1) is 14.8. The summed E-state index contributed by atoms with van der Waals surface area (Å²) in [5.74, 6) is 1.31. The van der Waals surface area contributed by atoms with Gasteiger partial charge in [-0.05, 0) is 32.6 Å². The summed E-state index contributed by atoms with van der Waals surface area (Å²) in [6.45, 7) is 5.74. The van der Waals surface area contributed by atoms with E-state index in [2.05, 4.69) is 32.1 Å². The first-order valence-electron chi connectivity index (χ1n) is 7.61. The van der Waals surface area contributed by atoms with E-state index in [9.17, 15) is 0 Å². The molecule has 0 spiro atoms. The summed E-state index contributed by atoms with van der Waals surface area (Å²) < 4.78 is 5.45. The van der Waals surface area contributed by atoms with Crippen molar-refractivity contribution in [3.63, 3.8) is 0 Å². The molecule has 0 aromatic carbocycles. The molecule has 1 atom stereocenters. The zero-order chi connectivity index (χ0) is 14.4. The molecule has 112 valence electrons. The van der Waals surface area contributed by atoms with Gasteiger partial charge in [0.15, 0.2) is 0 Å². The van der Waals surface area contributed by atoms with E-state index in [0.717, 1.165) is 12.5 Å². The Morgan fingerprint density at radius 3 is 2.80 bits per heavy atom. The normalized spacial score (nSPS) is 18.9. The SMILES string of the molecule is CCCC1CCCCN1c1nc(NC)nc(OCC)n1. The zero-order valence-electron chi connectivity index (χ0n) is 12.7. The Labute approximate surface area is 121 Å². The van der Waals surface area contributed by atoms with Gasteiger partial charge < -0.3 is 15.0 Å². The van der Waals surface area contributed by atoms with Crippen LogP contribution in [0.25, 0.3) is 0 Å². The third-order valence-electron chi connectivity index (χ3n) is 3.61. The van der Waals surface area contributed by atoms with Gasteiger partial charge in [-0.1, -0.05) is 13.3 Å². The van der Waals surface area contributed by atoms with Crippen molar-refractivity contribution in [3.05, 3.63) is 0 Å². The molecular formula is C14H25N5O. The van der Waals surface area contributed by atoms with E-state index in [-0.39, 0.29) is 0 Å². The maximum absolute atomic E-state index is 5.45. The molecule has 0 bridgehead atoms. The van der Waals surface area contributed by atoms with Crippen LogP contribution in [0.1, 0.15) is 46.0 Å². The van der Waals surface area contributed by atoms with Crippen LogP contribution in [0.5, 0.6) is 6.01 Å². The van der Waals surface area contributed by atoms with Crippen molar-refractivity contribution in [2.45, 2.75) is 52.0 Å². The number of nitrogens with one attached hydrogen (secondary N) is 1. The first-order chi connectivity index (χ1) is 9.78. The van der Waals surface area contributed by atoms with E-state index in [0.29, 0.717) is 24.6 Å². The Balaban J connectivity index is 2.26. The number of rotatable bonds is 6. The standard InChI is InChI=1S/C14H25N5O/c1-4-8-11-9-6-7-10-19(11)13-16-12(15-3)17-14(18-13)20-5-2/h11H,4-10H2,1-3H3,(H,15,16,17,18). The van der Waals surface area contributed by atoms with Crippen LogP contribution in [0.3, 0.4) is 0 Å². The third kappa shape index (κ3) is 3.49. The quantitative estimate of drug-likeness (QED) is 0.863. The highest BCUT2D eigenvalue weighted by molar-refractivity contribution is 5.39. The van der Waals surface area contributed by atoms with Gasteiger partial charge in [-0.3, -0.25) is 0 Å². The smallest absolute Gasteiger partial charge is 0.323 e. The van der Waals surface area contributed by atoms with Crippen molar-refractivity contribution in [1.29, 1.82) is 0 Å². The average Bonchev–Trinajstić information content (AvgIpc) is 2.48. The fourth-order valence-corrected chi connectivity index (χ4v) is 2.68. The highest BCUT2D eigenvalue weighted by atomic mass is 16.5. The van der Waals surface area contributed by atoms with E-state index in [1.807, 2.05) is 14.0 Å². The lowest BCUT2D eigenvalue weighted by molar-refractivity contribution is 0.311. The Morgan fingerprint density at radius 2 is 2.10 bits per heavy atom. The second kappa shape index (κ2) is 7.26. The molecule has 0 amide bonds. The van der Waals surface area contributed by atoms with Crippen LogP contribution in [-0.4, -0.2) is 41.2 Å². The highest BCUT2D eigenvalue weighted by Crippen LogP contribution is 2.26. The van der Waals surface area contributed by atoms with Crippen LogP contribution in [0.2, 0.25) is 0 Å². The molecule has 1 fully saturated rings. The van der Waals surface area contributed by atoms with E-state index < -0.39 is 0 Å². The molecule has 0 radical (unpaired) electrons. The van der Waals surface area contributed by atoms with Gasteiger partial charge in [0.05, 0.1) is 6.61 Å². The Hall–Kier alpha value is -1.59. The van der Waals surface area contributed by atoms with Crippen LogP contribution in [-0.2, 0) is 0 Å². The Bertz CT molecular complexity index is 424. The number of aromatic nitrogens is 3. The maximum atomic E-state index is 5.45. The Morgan fingerprint density at radius 1 is 1.25 bits per heavy atom. The number of hydrogen-bond donors (Lipinski definition) is 1. The van der Waals surface area contributed by atoms with Gasteiger partial charge in [0.2, 0.25) is 11.9 Å². The molecular weight excluding hydrogens is 254 g/mol. The Kier molecular flexibility index (Phi) is 5.38. The molecule has 1 unspecified atom stereocenters. The maximum Gasteiger partial charge on any atom is 0.323 e. The molecule has 0 saturated carbocycles. The fraction of sp³-hybridized carbons (Fsp3) is 0.786. The van der Waals surface area contributed by atoms with Gasteiger partial charge in [0, 0.05) is 19.6 Å². The van der Waals surface area contributed by atoms with Gasteiger partial charge in [-0.15, -0.1) is 0 Å². The van der Waals surface area contributed by atoms with Crippen molar-refractivity contribution in [1.82, 2.24) is 15.0 Å². The summed E-state index contributed by atoms with van der Waals surface area (Å²) in [6.07, 6.45) is 6.08. The molecule has 6 heteroatoms. The van der Waals surface area contributed by atoms with E-state index in [1.54, 1.807) is 0 Å². The number of piperidine rings is 1. The van der Waals surface area contributed by atoms with E-state index in [1.165, 1.54) is 32.1 Å². The molecule has 1 aromatic heterocycles. The minimum Gasteiger partial charge on any atom is -0.464 e. The van der Waals surface area contributed by atoms with Gasteiger partial charge >= 0.3 is 6.01 Å². The van der Waals surface area contributed by atoms with Crippen molar-refractivity contribution in [3.8, 4) is 6.01 Å². The molecule has 2 heterocycles. The zero-order valence-corrected chi connectivity index (χ0v) is 12.7. The minimum atomic E-state index is 0.405. The second-order valence-electron chi connectivity index (χ2n) is 5.06. The minimum absolute atomic E-state index is 0.405. The molecule has 1 aliphatic heterocycles. The van der Waals surface area contributed by atoms with Crippen molar-refractivity contribution < 1.29 is 4.74 Å². The molecule has 0 aliphatic carbocycles. The summed E-state index contributed by atoms with van der Waals surface area (Å²) in [4.78, 5) is 15.5. The largest absolute Gasteiger partial charge is 0.464 e.